The molecule has 0 unspecified atom stereocenters. The molecule has 0 aliphatic rings. The standard InChI is InChI=1S/C22H19FN2O3S/c23-20-10-6-18(7-11-20)16-24-22(26)19-8-12-21(13-9-19)25-29(27,28)15-14-17-4-2-1-3-5-17/h1-15,25H,16H2,(H,24,26)/b15-14+. The summed E-state index contributed by atoms with van der Waals surface area (Å²) in [4.78, 5) is 12.2. The van der Waals surface area contributed by atoms with Crippen LogP contribution in [0.25, 0.3) is 6.08 Å². The smallest absolute Gasteiger partial charge is 0.255 e. The van der Waals surface area contributed by atoms with Crippen LogP contribution in [0.1, 0.15) is 21.5 Å². The van der Waals surface area contributed by atoms with Crippen molar-refractivity contribution in [3.05, 3.63) is 107 Å². The van der Waals surface area contributed by atoms with Crippen molar-refractivity contribution in [2.24, 2.45) is 0 Å². The molecule has 5 nitrogen and oxygen atoms in total. The highest BCUT2D eigenvalue weighted by molar-refractivity contribution is 7.95. The van der Waals surface area contributed by atoms with E-state index in [2.05, 4.69) is 10.0 Å². The van der Waals surface area contributed by atoms with Gasteiger partial charge in [-0.15, -0.1) is 0 Å². The quantitative estimate of drug-likeness (QED) is 0.614. The zero-order valence-electron chi connectivity index (χ0n) is 15.4. The molecule has 29 heavy (non-hydrogen) atoms. The first-order valence-corrected chi connectivity index (χ1v) is 10.3. The predicted molar refractivity (Wildman–Crippen MR) is 112 cm³/mol. The first-order chi connectivity index (χ1) is 13.9. The maximum Gasteiger partial charge on any atom is 0.255 e. The molecular formula is C22H19FN2O3S. The van der Waals surface area contributed by atoms with Crippen molar-refractivity contribution >= 4 is 27.7 Å². The van der Waals surface area contributed by atoms with Gasteiger partial charge in [0.25, 0.3) is 15.9 Å². The topological polar surface area (TPSA) is 75.3 Å². The Morgan fingerprint density at radius 3 is 2.21 bits per heavy atom. The second kappa shape index (κ2) is 9.16. The fraction of sp³-hybridized carbons (Fsp3) is 0.0455. The van der Waals surface area contributed by atoms with E-state index in [0.29, 0.717) is 11.3 Å². The summed E-state index contributed by atoms with van der Waals surface area (Å²) in [6.07, 6.45) is 1.50. The van der Waals surface area contributed by atoms with Crippen LogP contribution in [0, 0.1) is 5.82 Å². The number of benzene rings is 3. The van der Waals surface area contributed by atoms with Gasteiger partial charge in [0, 0.05) is 17.8 Å². The van der Waals surface area contributed by atoms with E-state index in [1.807, 2.05) is 18.2 Å². The van der Waals surface area contributed by atoms with E-state index >= 15 is 0 Å². The molecular weight excluding hydrogens is 391 g/mol. The number of carbonyl (C=O) groups is 1. The SMILES string of the molecule is O=C(NCc1ccc(F)cc1)c1ccc(NS(=O)(=O)/C=C/c2ccccc2)cc1. The van der Waals surface area contributed by atoms with Crippen LogP contribution in [0.3, 0.4) is 0 Å². The molecule has 0 atom stereocenters. The Morgan fingerprint density at radius 1 is 0.897 bits per heavy atom. The van der Waals surface area contributed by atoms with Gasteiger partial charge in [-0.2, -0.15) is 0 Å². The molecule has 0 aliphatic heterocycles. The van der Waals surface area contributed by atoms with Gasteiger partial charge in [0.05, 0.1) is 5.41 Å². The lowest BCUT2D eigenvalue weighted by Gasteiger charge is -2.08. The molecule has 0 aliphatic carbocycles. The normalized spacial score (nSPS) is 11.3. The number of hydrogen-bond donors (Lipinski definition) is 2. The van der Waals surface area contributed by atoms with Gasteiger partial charge in [-0.1, -0.05) is 42.5 Å². The zero-order valence-corrected chi connectivity index (χ0v) is 16.2. The second-order valence-corrected chi connectivity index (χ2v) is 7.81. The molecule has 0 radical (unpaired) electrons. The predicted octanol–water partition coefficient (Wildman–Crippen LogP) is 4.17. The Hall–Kier alpha value is -3.45. The van der Waals surface area contributed by atoms with Crippen molar-refractivity contribution in [3.8, 4) is 0 Å². The lowest BCUT2D eigenvalue weighted by Crippen LogP contribution is -2.22. The van der Waals surface area contributed by atoms with E-state index in [9.17, 15) is 17.6 Å². The maximum atomic E-state index is 12.9. The van der Waals surface area contributed by atoms with Crippen LogP contribution in [-0.4, -0.2) is 14.3 Å². The molecule has 0 bridgehead atoms. The third kappa shape index (κ3) is 6.29. The number of amides is 1. The summed E-state index contributed by atoms with van der Waals surface area (Å²) in [5, 5.41) is 3.82. The number of sulfonamides is 1. The number of hydrogen-bond acceptors (Lipinski definition) is 3. The van der Waals surface area contributed by atoms with Crippen molar-refractivity contribution in [2.75, 3.05) is 4.72 Å². The average molecular weight is 410 g/mol. The van der Waals surface area contributed by atoms with E-state index in [4.69, 9.17) is 0 Å². The Balaban J connectivity index is 1.58. The van der Waals surface area contributed by atoms with E-state index in [0.717, 1.165) is 16.5 Å². The summed E-state index contributed by atoms with van der Waals surface area (Å²) in [6, 6.07) is 21.0. The van der Waals surface area contributed by atoms with Crippen LogP contribution in [0.4, 0.5) is 10.1 Å². The number of anilines is 1. The first kappa shape index (κ1) is 20.3. The molecule has 0 heterocycles. The van der Waals surface area contributed by atoms with Crippen LogP contribution in [-0.2, 0) is 16.6 Å². The summed E-state index contributed by atoms with van der Waals surface area (Å²) in [7, 11) is -3.68. The Kier molecular flexibility index (Phi) is 6.41. The molecule has 2 N–H and O–H groups in total. The maximum absolute atomic E-state index is 12.9. The fourth-order valence-corrected chi connectivity index (χ4v) is 3.38. The lowest BCUT2D eigenvalue weighted by atomic mass is 10.2. The summed E-state index contributed by atoms with van der Waals surface area (Å²) in [6.45, 7) is 0.262. The molecule has 0 fully saturated rings. The van der Waals surface area contributed by atoms with Crippen molar-refractivity contribution in [2.45, 2.75) is 6.54 Å². The molecule has 0 saturated carbocycles. The van der Waals surface area contributed by atoms with Crippen molar-refractivity contribution in [1.29, 1.82) is 0 Å². The van der Waals surface area contributed by atoms with Gasteiger partial charge in [0.2, 0.25) is 0 Å². The number of nitrogens with one attached hydrogen (secondary N) is 2. The zero-order chi connectivity index (χ0) is 20.7. The minimum absolute atomic E-state index is 0.262. The van der Waals surface area contributed by atoms with Crippen LogP contribution in [0.5, 0.6) is 0 Å². The van der Waals surface area contributed by atoms with Crippen LogP contribution < -0.4 is 10.0 Å². The minimum atomic E-state index is -3.68. The van der Waals surface area contributed by atoms with E-state index in [-0.39, 0.29) is 18.3 Å². The van der Waals surface area contributed by atoms with Crippen molar-refractivity contribution < 1.29 is 17.6 Å². The largest absolute Gasteiger partial charge is 0.348 e. The number of carbonyl (C=O) groups excluding carboxylic acids is 1. The molecule has 0 spiro atoms. The van der Waals surface area contributed by atoms with Gasteiger partial charge in [0.15, 0.2) is 0 Å². The van der Waals surface area contributed by atoms with Gasteiger partial charge in [-0.05, 0) is 53.6 Å². The van der Waals surface area contributed by atoms with Gasteiger partial charge in [-0.25, -0.2) is 12.8 Å². The van der Waals surface area contributed by atoms with Gasteiger partial charge in [-0.3, -0.25) is 9.52 Å². The van der Waals surface area contributed by atoms with E-state index in [1.54, 1.807) is 24.3 Å². The van der Waals surface area contributed by atoms with Crippen molar-refractivity contribution in [1.82, 2.24) is 5.32 Å². The fourth-order valence-electron chi connectivity index (χ4n) is 2.51. The Morgan fingerprint density at radius 2 is 1.55 bits per heavy atom. The summed E-state index contributed by atoms with van der Waals surface area (Å²) in [5.41, 5.74) is 2.27. The highest BCUT2D eigenvalue weighted by Gasteiger charge is 2.08. The number of halogens is 1. The average Bonchev–Trinajstić information content (AvgIpc) is 2.73. The highest BCUT2D eigenvalue weighted by atomic mass is 32.2. The summed E-state index contributed by atoms with van der Waals surface area (Å²) < 4.78 is 39.7. The van der Waals surface area contributed by atoms with Gasteiger partial charge < -0.3 is 5.32 Å². The summed E-state index contributed by atoms with van der Waals surface area (Å²) in [5.74, 6) is -0.649. The first-order valence-electron chi connectivity index (χ1n) is 8.80. The number of rotatable bonds is 7. The molecule has 148 valence electrons. The molecule has 3 aromatic carbocycles. The van der Waals surface area contributed by atoms with Gasteiger partial charge in [0.1, 0.15) is 5.82 Å². The monoisotopic (exact) mass is 410 g/mol. The van der Waals surface area contributed by atoms with Crippen LogP contribution >= 0.6 is 0 Å². The Bertz CT molecular complexity index is 1100. The van der Waals surface area contributed by atoms with Crippen LogP contribution in [0.15, 0.2) is 84.3 Å². The van der Waals surface area contributed by atoms with Gasteiger partial charge >= 0.3 is 0 Å². The van der Waals surface area contributed by atoms with E-state index < -0.39 is 10.0 Å². The summed E-state index contributed by atoms with van der Waals surface area (Å²) >= 11 is 0. The Labute approximate surface area is 169 Å². The molecule has 1 amide bonds. The van der Waals surface area contributed by atoms with Crippen molar-refractivity contribution in [3.63, 3.8) is 0 Å². The molecule has 7 heteroatoms. The van der Waals surface area contributed by atoms with E-state index in [1.165, 1.54) is 42.5 Å². The lowest BCUT2D eigenvalue weighted by molar-refractivity contribution is 0.0951. The molecule has 3 rings (SSSR count). The minimum Gasteiger partial charge on any atom is -0.348 e. The van der Waals surface area contributed by atoms with Crippen LogP contribution in [0.2, 0.25) is 0 Å². The molecule has 0 aromatic heterocycles. The highest BCUT2D eigenvalue weighted by Crippen LogP contribution is 2.13. The third-order valence-corrected chi connectivity index (χ3v) is 5.03. The second-order valence-electron chi connectivity index (χ2n) is 6.25. The molecule has 3 aromatic rings. The molecule has 0 saturated heterocycles. The third-order valence-electron chi connectivity index (χ3n) is 4.01.